The molecule has 0 saturated carbocycles. The van der Waals surface area contributed by atoms with Crippen LogP contribution in [0.2, 0.25) is 0 Å². The zero-order valence-electron chi connectivity index (χ0n) is 45.6. The predicted octanol–water partition coefficient (Wildman–Crippen LogP) is 9.30. The van der Waals surface area contributed by atoms with E-state index in [-0.39, 0.29) is 71.3 Å². The normalized spacial score (nSPS) is 22.6. The summed E-state index contributed by atoms with van der Waals surface area (Å²) >= 11 is 2.65. The second-order valence-corrected chi connectivity index (χ2v) is 24.4. The van der Waals surface area contributed by atoms with E-state index in [9.17, 15) is 37.5 Å². The van der Waals surface area contributed by atoms with Crippen LogP contribution in [0.25, 0.3) is 0 Å². The Hall–Kier alpha value is -4.94. The number of benzene rings is 2. The van der Waals surface area contributed by atoms with Gasteiger partial charge in [-0.3, -0.25) is 28.9 Å². The minimum atomic E-state index is -0.202. The molecule has 2 aromatic carbocycles. The number of urea groups is 1. The topological polar surface area (TPSA) is 153 Å². The Morgan fingerprint density at radius 1 is 0.579 bits per heavy atom. The van der Waals surface area contributed by atoms with Crippen LogP contribution in [0.3, 0.4) is 0 Å². The van der Waals surface area contributed by atoms with Crippen LogP contribution in [-0.2, 0) is 40.1 Å². The van der Waals surface area contributed by atoms with Gasteiger partial charge in [0.15, 0.2) is 11.6 Å². The Bertz CT molecular complexity index is 2620. The van der Waals surface area contributed by atoms with Crippen LogP contribution >= 0.6 is 22.7 Å². The fourth-order valence-electron chi connectivity index (χ4n) is 12.3. The van der Waals surface area contributed by atoms with Crippen LogP contribution in [0, 0.1) is 61.0 Å². The first-order valence-corrected chi connectivity index (χ1v) is 29.1. The number of nitrogens with one attached hydrogen (secondary N) is 1. The van der Waals surface area contributed by atoms with Gasteiger partial charge >= 0.3 is 6.03 Å². The van der Waals surface area contributed by atoms with Gasteiger partial charge in [-0.15, -0.1) is 22.7 Å². The molecule has 4 aliphatic heterocycles. The van der Waals surface area contributed by atoms with E-state index in [0.717, 1.165) is 90.9 Å². The van der Waals surface area contributed by atoms with E-state index in [1.165, 1.54) is 72.6 Å². The molecule has 412 valence electrons. The van der Waals surface area contributed by atoms with Gasteiger partial charge in [0, 0.05) is 79.6 Å². The van der Waals surface area contributed by atoms with Crippen molar-refractivity contribution in [3.8, 4) is 0 Å². The summed E-state index contributed by atoms with van der Waals surface area (Å²) in [4.78, 5) is 93.4. The van der Waals surface area contributed by atoms with E-state index in [0.29, 0.717) is 87.3 Å². The van der Waals surface area contributed by atoms with Crippen molar-refractivity contribution in [1.29, 1.82) is 0 Å². The van der Waals surface area contributed by atoms with Crippen LogP contribution in [0.5, 0.6) is 0 Å². The molecule has 4 aliphatic rings. The molecule has 6 heterocycles. The van der Waals surface area contributed by atoms with Crippen LogP contribution in [0.4, 0.5) is 13.6 Å². The molecule has 4 fully saturated rings. The van der Waals surface area contributed by atoms with E-state index >= 15 is 0 Å². The number of ketones is 5. The second kappa shape index (κ2) is 28.1. The lowest BCUT2D eigenvalue weighted by Gasteiger charge is -2.42. The largest absolute Gasteiger partial charge is 0.341 e. The Morgan fingerprint density at radius 2 is 1.03 bits per heavy atom. The van der Waals surface area contributed by atoms with Crippen molar-refractivity contribution >= 4 is 57.6 Å². The molecular formula is C59H79F2N7O6S2. The predicted molar refractivity (Wildman–Crippen MR) is 295 cm³/mol. The van der Waals surface area contributed by atoms with Gasteiger partial charge in [0.05, 0.1) is 40.5 Å². The average Bonchev–Trinajstić information content (AvgIpc) is 3.94. The van der Waals surface area contributed by atoms with Crippen molar-refractivity contribution in [2.24, 2.45) is 35.5 Å². The Kier molecular flexibility index (Phi) is 21.7. The molecule has 1 N–H and O–H groups in total. The van der Waals surface area contributed by atoms with Gasteiger partial charge < -0.3 is 20.0 Å². The zero-order valence-corrected chi connectivity index (χ0v) is 47.2. The Morgan fingerprint density at radius 3 is 1.45 bits per heavy atom. The van der Waals surface area contributed by atoms with Crippen molar-refractivity contribution in [1.82, 2.24) is 34.9 Å². The third kappa shape index (κ3) is 17.5. The Labute approximate surface area is 456 Å². The van der Waals surface area contributed by atoms with Crippen molar-refractivity contribution < 1.29 is 37.5 Å². The number of aromatic nitrogens is 2. The van der Waals surface area contributed by atoms with Gasteiger partial charge in [-0.25, -0.2) is 23.5 Å². The lowest BCUT2D eigenvalue weighted by atomic mass is 9.80. The maximum absolute atomic E-state index is 13.3. The molecule has 2 aromatic heterocycles. The number of thiazole rings is 2. The summed E-state index contributed by atoms with van der Waals surface area (Å²) in [5, 5.41) is 4.13. The number of rotatable bonds is 20. The molecule has 0 unspecified atom stereocenters. The number of piperidine rings is 4. The number of aryl methyl sites for hydroxylation is 2. The highest BCUT2D eigenvalue weighted by Crippen LogP contribution is 2.33. The standard InChI is InChI=1S/C30H40FN3O3S.C29H39FN4O3S/c1-20(35)16-34-12-10-25(18-33-11-4-5-24(17-33)13-23-6-8-27(31)9-7-23)26(19-34)14-28(37)15-29-32-21(2)30(38-29)22(3)36;1-19-28(20(2)35)38-27(32-19)15-26(36)14-24-18-34(29(37)31-3)12-10-23(24)17-33-11-4-5-22(16-33)13-21-6-8-25(30)9-7-21/h6-9,24-26H,4-5,10-19H2,1-3H3;6-9,22-24H,4-5,10-18H2,1-3H3,(H,31,37)/t24-,25-,26+;22-,23-,24+/m00/s1. The van der Waals surface area contributed by atoms with E-state index in [1.807, 2.05) is 43.0 Å². The van der Waals surface area contributed by atoms with E-state index in [1.54, 1.807) is 26.1 Å². The summed E-state index contributed by atoms with van der Waals surface area (Å²) in [5.41, 5.74) is 3.75. The van der Waals surface area contributed by atoms with Crippen molar-refractivity contribution in [3.63, 3.8) is 0 Å². The Balaban J connectivity index is 0.000000221. The lowest BCUT2D eigenvalue weighted by Crippen LogP contribution is -2.50. The SMILES string of the molecule is CC(=O)CN1CC[C@@H](CN2CCC[C@@H](Cc3ccc(F)cc3)C2)[C@H](CC(=O)Cc2nc(C)c(C(C)=O)s2)C1.CNC(=O)N1CC[C@@H](CN2CCC[C@@H](Cc3ccc(F)cc3)C2)[C@H](CC(=O)Cc2nc(C)c(C(C)=O)s2)C1. The molecule has 4 saturated heterocycles. The molecule has 0 radical (unpaired) electrons. The summed E-state index contributed by atoms with van der Waals surface area (Å²) in [7, 11) is 1.64. The van der Waals surface area contributed by atoms with Gasteiger partial charge in [0.1, 0.15) is 39.0 Å². The first kappa shape index (κ1) is 58.7. The summed E-state index contributed by atoms with van der Waals surface area (Å²) in [6.07, 6.45) is 9.76. The van der Waals surface area contributed by atoms with Gasteiger partial charge in [0.25, 0.3) is 0 Å². The quantitative estimate of drug-likeness (QED) is 0.0843. The summed E-state index contributed by atoms with van der Waals surface area (Å²) in [6.45, 7) is 17.7. The van der Waals surface area contributed by atoms with E-state index < -0.39 is 0 Å². The number of nitrogens with zero attached hydrogens (tertiary/aromatic N) is 6. The van der Waals surface area contributed by atoms with Crippen LogP contribution in [0.1, 0.15) is 124 Å². The number of hydrogen-bond donors (Lipinski definition) is 1. The van der Waals surface area contributed by atoms with Gasteiger partial charge in [-0.1, -0.05) is 24.3 Å². The number of carbonyl (C=O) groups excluding carboxylic acids is 6. The molecule has 6 atom stereocenters. The molecule has 17 heteroatoms. The van der Waals surface area contributed by atoms with Crippen molar-refractivity contribution in [2.75, 3.05) is 79.0 Å². The van der Waals surface area contributed by atoms with Gasteiger partial charge in [-0.05, 0) is 163 Å². The second-order valence-electron chi connectivity index (χ2n) is 22.2. The highest BCUT2D eigenvalue weighted by Gasteiger charge is 2.36. The van der Waals surface area contributed by atoms with E-state index in [4.69, 9.17) is 0 Å². The first-order valence-electron chi connectivity index (χ1n) is 27.5. The van der Waals surface area contributed by atoms with Gasteiger partial charge in [-0.2, -0.15) is 0 Å². The molecule has 8 rings (SSSR count). The molecule has 0 aliphatic carbocycles. The first-order chi connectivity index (χ1) is 36.4. The van der Waals surface area contributed by atoms with Crippen LogP contribution in [-0.4, -0.2) is 144 Å². The number of hydrogen-bond acceptors (Lipinski definition) is 13. The molecule has 0 spiro atoms. The molecule has 2 amide bonds. The molecule has 0 bridgehead atoms. The smallest absolute Gasteiger partial charge is 0.317 e. The molecule has 4 aromatic rings. The van der Waals surface area contributed by atoms with Crippen LogP contribution < -0.4 is 5.32 Å². The molecule has 76 heavy (non-hydrogen) atoms. The third-order valence-corrected chi connectivity index (χ3v) is 18.4. The maximum atomic E-state index is 13.3. The van der Waals surface area contributed by atoms with E-state index in [2.05, 4.69) is 30.0 Å². The van der Waals surface area contributed by atoms with Gasteiger partial charge in [0.2, 0.25) is 0 Å². The minimum Gasteiger partial charge on any atom is -0.341 e. The summed E-state index contributed by atoms with van der Waals surface area (Å²) in [5.74, 6) is 2.08. The van der Waals surface area contributed by atoms with Crippen molar-refractivity contribution in [3.05, 3.63) is 102 Å². The lowest BCUT2D eigenvalue weighted by molar-refractivity contribution is -0.121. The highest BCUT2D eigenvalue weighted by molar-refractivity contribution is 7.14. The summed E-state index contributed by atoms with van der Waals surface area (Å²) < 4.78 is 26.6. The molecule has 13 nitrogen and oxygen atoms in total. The highest BCUT2D eigenvalue weighted by atomic mass is 32.1. The monoisotopic (exact) mass is 1080 g/mol. The number of Topliss-reactive ketones (excluding diaryl/α,β-unsaturated/α-hetero) is 5. The van der Waals surface area contributed by atoms with Crippen LogP contribution in [0.15, 0.2) is 48.5 Å². The fraction of sp³-hybridized carbons (Fsp3) is 0.593. The number of carbonyl (C=O) groups is 6. The van der Waals surface area contributed by atoms with Crippen molar-refractivity contribution in [2.45, 2.75) is 112 Å². The molecular weight excluding hydrogens is 1000 g/mol. The maximum Gasteiger partial charge on any atom is 0.317 e. The number of likely N-dealkylation sites (tertiary alicyclic amines) is 4. The summed E-state index contributed by atoms with van der Waals surface area (Å²) in [6, 6.07) is 13.6. The minimum absolute atomic E-state index is 0.00909. The number of amides is 2. The third-order valence-electron chi connectivity index (χ3n) is 15.9. The average molecular weight is 1080 g/mol. The zero-order chi connectivity index (χ0) is 54.5. The number of halogens is 2. The fourth-order valence-corrected chi connectivity index (χ4v) is 14.3.